The number of amides is 2. The van der Waals surface area contributed by atoms with Gasteiger partial charge < -0.3 is 14.5 Å². The van der Waals surface area contributed by atoms with E-state index in [0.717, 1.165) is 12.1 Å². The number of carbonyl (C=O) groups is 2. The third-order valence-electron chi connectivity index (χ3n) is 4.84. The van der Waals surface area contributed by atoms with Crippen LogP contribution in [0, 0.1) is 5.92 Å². The molecule has 2 saturated heterocycles. The quantitative estimate of drug-likeness (QED) is 0.803. The van der Waals surface area contributed by atoms with Gasteiger partial charge in [-0.25, -0.2) is 0 Å². The highest BCUT2D eigenvalue weighted by Crippen LogP contribution is 2.29. The first-order valence-electron chi connectivity index (χ1n) is 8.69. The molecule has 1 atom stereocenters. The van der Waals surface area contributed by atoms with Gasteiger partial charge in [0.05, 0.1) is 24.7 Å². The van der Waals surface area contributed by atoms with Crippen LogP contribution in [0.15, 0.2) is 24.3 Å². The van der Waals surface area contributed by atoms with Gasteiger partial charge in [0.2, 0.25) is 5.91 Å². The highest BCUT2D eigenvalue weighted by molar-refractivity contribution is 5.94. The van der Waals surface area contributed by atoms with E-state index < -0.39 is 11.7 Å². The van der Waals surface area contributed by atoms with Crippen LogP contribution in [-0.4, -0.2) is 61.0 Å². The average molecular weight is 370 g/mol. The van der Waals surface area contributed by atoms with Crippen molar-refractivity contribution in [3.8, 4) is 0 Å². The maximum absolute atomic E-state index is 12.6. The summed E-state index contributed by atoms with van der Waals surface area (Å²) in [7, 11) is 0. The number of morpholine rings is 1. The molecule has 0 N–H and O–H groups in total. The third kappa shape index (κ3) is 4.17. The molecule has 2 fully saturated rings. The van der Waals surface area contributed by atoms with E-state index in [2.05, 4.69) is 0 Å². The first-order valence-corrected chi connectivity index (χ1v) is 8.69. The van der Waals surface area contributed by atoms with Crippen LogP contribution in [0.4, 0.5) is 13.2 Å². The Kier molecular flexibility index (Phi) is 5.50. The van der Waals surface area contributed by atoms with Gasteiger partial charge in [0.15, 0.2) is 0 Å². The second-order valence-corrected chi connectivity index (χ2v) is 6.60. The van der Waals surface area contributed by atoms with Gasteiger partial charge in [-0.15, -0.1) is 0 Å². The fourth-order valence-corrected chi connectivity index (χ4v) is 3.39. The Morgan fingerprint density at radius 2 is 1.65 bits per heavy atom. The fraction of sp³-hybridized carbons (Fsp3) is 0.556. The number of halogens is 3. The number of likely N-dealkylation sites (tertiary alicyclic amines) is 1. The van der Waals surface area contributed by atoms with Crippen LogP contribution < -0.4 is 0 Å². The lowest BCUT2D eigenvalue weighted by molar-refractivity contribution is -0.141. The Balaban J connectivity index is 1.65. The van der Waals surface area contributed by atoms with Crippen LogP contribution in [0.5, 0.6) is 0 Å². The number of hydrogen-bond acceptors (Lipinski definition) is 3. The van der Waals surface area contributed by atoms with Gasteiger partial charge in [0.1, 0.15) is 0 Å². The minimum Gasteiger partial charge on any atom is -0.378 e. The summed E-state index contributed by atoms with van der Waals surface area (Å²) in [6, 6.07) is 4.21. The van der Waals surface area contributed by atoms with Crippen molar-refractivity contribution in [3.05, 3.63) is 35.4 Å². The number of carbonyl (C=O) groups excluding carboxylic acids is 2. The van der Waals surface area contributed by atoms with Gasteiger partial charge in [0, 0.05) is 31.7 Å². The molecule has 2 heterocycles. The number of benzene rings is 1. The standard InChI is InChI=1S/C18H21F3N2O3/c19-18(20,21)15-5-3-13(4-6-15)16(24)23-7-1-2-14(12-23)17(25)22-8-10-26-11-9-22/h3-6,14H,1-2,7-12H2. The molecule has 5 nitrogen and oxygen atoms in total. The van der Waals surface area contributed by atoms with Crippen molar-refractivity contribution in [1.82, 2.24) is 9.80 Å². The highest BCUT2D eigenvalue weighted by Gasteiger charge is 2.33. The summed E-state index contributed by atoms with van der Waals surface area (Å²) in [5.74, 6) is -0.573. The first kappa shape index (κ1) is 18.7. The SMILES string of the molecule is O=C(c1ccc(C(F)(F)F)cc1)N1CCCC(C(=O)N2CCOCC2)C1. The first-order chi connectivity index (χ1) is 12.4. The van der Waals surface area contributed by atoms with E-state index in [1.54, 1.807) is 9.80 Å². The lowest BCUT2D eigenvalue weighted by atomic mass is 9.95. The maximum Gasteiger partial charge on any atom is 0.416 e. The number of hydrogen-bond donors (Lipinski definition) is 0. The number of piperidine rings is 1. The zero-order chi connectivity index (χ0) is 18.7. The minimum atomic E-state index is -4.43. The molecule has 0 spiro atoms. The Morgan fingerprint density at radius 1 is 1.00 bits per heavy atom. The molecule has 142 valence electrons. The summed E-state index contributed by atoms with van der Waals surface area (Å²) in [4.78, 5) is 28.6. The minimum absolute atomic E-state index is 0.0261. The van der Waals surface area contributed by atoms with Gasteiger partial charge in [-0.05, 0) is 37.1 Å². The molecular weight excluding hydrogens is 349 g/mol. The number of ether oxygens (including phenoxy) is 1. The van der Waals surface area contributed by atoms with E-state index in [-0.39, 0.29) is 23.3 Å². The second-order valence-electron chi connectivity index (χ2n) is 6.60. The smallest absolute Gasteiger partial charge is 0.378 e. The molecule has 3 rings (SSSR count). The van der Waals surface area contributed by atoms with Crippen LogP contribution >= 0.6 is 0 Å². The molecular formula is C18H21F3N2O3. The van der Waals surface area contributed by atoms with Gasteiger partial charge in [0.25, 0.3) is 5.91 Å². The third-order valence-corrected chi connectivity index (χ3v) is 4.84. The van der Waals surface area contributed by atoms with E-state index in [9.17, 15) is 22.8 Å². The molecule has 26 heavy (non-hydrogen) atoms. The van der Waals surface area contributed by atoms with Crippen molar-refractivity contribution in [3.63, 3.8) is 0 Å². The molecule has 0 saturated carbocycles. The van der Waals surface area contributed by atoms with E-state index >= 15 is 0 Å². The summed E-state index contributed by atoms with van der Waals surface area (Å²) in [6.07, 6.45) is -3.01. The Morgan fingerprint density at radius 3 is 2.27 bits per heavy atom. The van der Waals surface area contributed by atoms with Crippen LogP contribution in [0.2, 0.25) is 0 Å². The molecule has 2 aliphatic heterocycles. The fourth-order valence-electron chi connectivity index (χ4n) is 3.39. The van der Waals surface area contributed by atoms with Crippen LogP contribution in [-0.2, 0) is 15.7 Å². The second kappa shape index (κ2) is 7.65. The molecule has 0 bridgehead atoms. The van der Waals surface area contributed by atoms with E-state index in [0.29, 0.717) is 52.2 Å². The molecule has 1 unspecified atom stereocenters. The topological polar surface area (TPSA) is 49.9 Å². The zero-order valence-electron chi connectivity index (χ0n) is 14.3. The van der Waals surface area contributed by atoms with E-state index in [1.165, 1.54) is 12.1 Å². The number of nitrogens with zero attached hydrogens (tertiary/aromatic N) is 2. The summed E-state index contributed by atoms with van der Waals surface area (Å²) in [5.41, 5.74) is -0.578. The van der Waals surface area contributed by atoms with Crippen molar-refractivity contribution in [2.75, 3.05) is 39.4 Å². The lowest BCUT2D eigenvalue weighted by Crippen LogP contribution is -2.49. The Bertz CT molecular complexity index is 655. The van der Waals surface area contributed by atoms with Crippen molar-refractivity contribution < 1.29 is 27.5 Å². The Hall–Kier alpha value is -2.09. The summed E-state index contributed by atoms with van der Waals surface area (Å²) in [5, 5.41) is 0. The summed E-state index contributed by atoms with van der Waals surface area (Å²) >= 11 is 0. The molecule has 0 radical (unpaired) electrons. The highest BCUT2D eigenvalue weighted by atomic mass is 19.4. The average Bonchev–Trinajstić information content (AvgIpc) is 2.67. The van der Waals surface area contributed by atoms with Gasteiger partial charge in [-0.2, -0.15) is 13.2 Å². The molecule has 1 aromatic rings. The van der Waals surface area contributed by atoms with Gasteiger partial charge >= 0.3 is 6.18 Å². The number of rotatable bonds is 2. The predicted octanol–water partition coefficient (Wildman–Crippen LogP) is 2.42. The zero-order valence-corrected chi connectivity index (χ0v) is 14.3. The molecule has 0 aromatic heterocycles. The van der Waals surface area contributed by atoms with Crippen LogP contribution in [0.1, 0.15) is 28.8 Å². The van der Waals surface area contributed by atoms with Crippen LogP contribution in [0.25, 0.3) is 0 Å². The largest absolute Gasteiger partial charge is 0.416 e. The summed E-state index contributed by atoms with van der Waals surface area (Å²) < 4.78 is 43.2. The van der Waals surface area contributed by atoms with E-state index in [1.807, 2.05) is 0 Å². The van der Waals surface area contributed by atoms with E-state index in [4.69, 9.17) is 4.74 Å². The molecule has 0 aliphatic carbocycles. The van der Waals surface area contributed by atoms with Crippen molar-refractivity contribution >= 4 is 11.8 Å². The number of alkyl halides is 3. The monoisotopic (exact) mass is 370 g/mol. The Labute approximate surface area is 149 Å². The molecule has 2 amide bonds. The molecule has 2 aliphatic rings. The van der Waals surface area contributed by atoms with Gasteiger partial charge in [-0.3, -0.25) is 9.59 Å². The molecule has 1 aromatic carbocycles. The van der Waals surface area contributed by atoms with Crippen molar-refractivity contribution in [2.45, 2.75) is 19.0 Å². The predicted molar refractivity (Wildman–Crippen MR) is 87.5 cm³/mol. The van der Waals surface area contributed by atoms with Crippen molar-refractivity contribution in [1.29, 1.82) is 0 Å². The summed E-state index contributed by atoms with van der Waals surface area (Å²) in [6.45, 7) is 2.96. The van der Waals surface area contributed by atoms with Crippen LogP contribution in [0.3, 0.4) is 0 Å². The normalized spacial score (nSPS) is 21.6. The lowest BCUT2D eigenvalue weighted by Gasteiger charge is -2.36. The maximum atomic E-state index is 12.6. The van der Waals surface area contributed by atoms with Gasteiger partial charge in [-0.1, -0.05) is 0 Å². The van der Waals surface area contributed by atoms with Crippen molar-refractivity contribution in [2.24, 2.45) is 5.92 Å². The molecule has 8 heteroatoms.